The number of hydrogen-bond acceptors (Lipinski definition) is 7. The second-order valence-electron chi connectivity index (χ2n) is 11.8. The number of nitrogens with zero attached hydrogens (tertiary/aromatic N) is 2. The molecule has 41 heavy (non-hydrogen) atoms. The van der Waals surface area contributed by atoms with Gasteiger partial charge in [0.05, 0.1) is 25.9 Å². The van der Waals surface area contributed by atoms with Gasteiger partial charge in [0.2, 0.25) is 0 Å². The molecule has 1 unspecified atom stereocenters. The van der Waals surface area contributed by atoms with Crippen LogP contribution in [-0.2, 0) is 40.1 Å². The quantitative estimate of drug-likeness (QED) is 0.362. The Balaban J connectivity index is 1.17. The lowest BCUT2D eigenvalue weighted by Gasteiger charge is -2.35. The number of alkyl halides is 1. The van der Waals surface area contributed by atoms with Gasteiger partial charge in [-0.15, -0.1) is 0 Å². The van der Waals surface area contributed by atoms with Crippen molar-refractivity contribution in [1.82, 2.24) is 9.88 Å². The molecule has 0 aliphatic carbocycles. The van der Waals surface area contributed by atoms with Gasteiger partial charge in [-0.1, -0.05) is 0 Å². The highest BCUT2D eigenvalue weighted by Gasteiger charge is 2.40. The molecule has 8 nitrogen and oxygen atoms in total. The van der Waals surface area contributed by atoms with Gasteiger partial charge in [-0.05, 0) is 81.2 Å². The number of rotatable bonds is 11. The third-order valence-corrected chi connectivity index (χ3v) is 8.44. The lowest BCUT2D eigenvalue weighted by atomic mass is 9.86. The van der Waals surface area contributed by atoms with Gasteiger partial charge in [0.25, 0.3) is 0 Å². The molecule has 0 amide bonds. The highest BCUT2D eigenvalue weighted by atomic mass is 19.1. The van der Waals surface area contributed by atoms with E-state index in [1.807, 2.05) is 11.0 Å². The van der Waals surface area contributed by atoms with Crippen molar-refractivity contribution >= 4 is 11.8 Å². The lowest BCUT2D eigenvalue weighted by molar-refractivity contribution is -0.143. The van der Waals surface area contributed by atoms with E-state index in [0.29, 0.717) is 42.8 Å². The number of hydrogen-bond donors (Lipinski definition) is 2. The fraction of sp³-hybridized carbons (Fsp3) is 0.613. The highest BCUT2D eigenvalue weighted by Crippen LogP contribution is 2.37. The average Bonchev–Trinajstić information content (AvgIpc) is 3.39. The van der Waals surface area contributed by atoms with Crippen LogP contribution in [0.3, 0.4) is 0 Å². The molecule has 1 aromatic carbocycles. The molecule has 0 spiro atoms. The minimum absolute atomic E-state index is 0.0560. The maximum Gasteiger partial charge on any atom is 0.325 e. The van der Waals surface area contributed by atoms with E-state index in [1.165, 1.54) is 26.0 Å². The number of nitrogens with one attached hydrogen (secondary N) is 1. The first-order chi connectivity index (χ1) is 19.6. The Kier molecular flexibility index (Phi) is 9.11. The second-order valence-corrected chi connectivity index (χ2v) is 11.8. The Hall–Kier alpha value is -2.82. The van der Waals surface area contributed by atoms with Crippen LogP contribution in [-0.4, -0.2) is 72.2 Å². The minimum atomic E-state index is -1.60. The van der Waals surface area contributed by atoms with Crippen molar-refractivity contribution in [3.63, 3.8) is 0 Å². The first kappa shape index (κ1) is 29.7. The summed E-state index contributed by atoms with van der Waals surface area (Å²) in [7, 11) is 1.70. The fourth-order valence-corrected chi connectivity index (χ4v) is 6.25. The van der Waals surface area contributed by atoms with Gasteiger partial charge in [0.15, 0.2) is 0 Å². The monoisotopic (exact) mass is 573 g/mol. The number of aryl methyl sites for hydroxylation is 1. The summed E-state index contributed by atoms with van der Waals surface area (Å²) in [5, 5.41) is 13.6. The molecule has 3 aliphatic heterocycles. The third kappa shape index (κ3) is 6.81. The number of methoxy groups -OCH3 is 1. The van der Waals surface area contributed by atoms with E-state index < -0.39 is 29.6 Å². The summed E-state index contributed by atoms with van der Waals surface area (Å²) in [6, 6.07) is 3.65. The topological polar surface area (TPSA) is 93.2 Å². The van der Waals surface area contributed by atoms with Gasteiger partial charge < -0.3 is 24.6 Å². The van der Waals surface area contributed by atoms with E-state index in [0.717, 1.165) is 61.5 Å². The standard InChI is InChI=1S/C31H41F2N3O5/c1-31(2,33)27-16-24-19(18-41-27)13-20(32)14-25(24)28(30(37)38)36-11-9-22(17-36)40-12-5-4-7-21-15-26(39-3)23-8-6-10-34-29(23)35-21/h13-15,22,27-28H,4-12,16-18H2,1-3H3,(H,34,35)(H,37,38)/t22-,27?,28+/m1/s1. The molecule has 0 bridgehead atoms. The summed E-state index contributed by atoms with van der Waals surface area (Å²) < 4.78 is 46.7. The van der Waals surface area contributed by atoms with Crippen molar-refractivity contribution < 1.29 is 32.9 Å². The van der Waals surface area contributed by atoms with Crippen LogP contribution in [0.5, 0.6) is 5.75 Å². The second kappa shape index (κ2) is 12.6. The molecule has 3 atom stereocenters. The van der Waals surface area contributed by atoms with Crippen LogP contribution >= 0.6 is 0 Å². The number of likely N-dealkylation sites (tertiary alicyclic amines) is 1. The number of aliphatic carboxylic acids is 1. The molecule has 10 heteroatoms. The number of carboxylic acids is 1. The van der Waals surface area contributed by atoms with Crippen LogP contribution in [0.1, 0.15) is 73.5 Å². The Morgan fingerprint density at radius 2 is 2.12 bits per heavy atom. The molecule has 0 saturated carbocycles. The smallest absolute Gasteiger partial charge is 0.325 e. The first-order valence-corrected chi connectivity index (χ1v) is 14.6. The molecule has 0 radical (unpaired) electrons. The van der Waals surface area contributed by atoms with E-state index in [9.17, 15) is 18.7 Å². The molecule has 3 aliphatic rings. The summed E-state index contributed by atoms with van der Waals surface area (Å²) in [5.41, 5.74) is 2.18. The normalized spacial score (nSPS) is 21.6. The summed E-state index contributed by atoms with van der Waals surface area (Å²) in [6.45, 7) is 5.39. The average molecular weight is 574 g/mol. The van der Waals surface area contributed by atoms with Gasteiger partial charge >= 0.3 is 5.97 Å². The predicted molar refractivity (Wildman–Crippen MR) is 151 cm³/mol. The van der Waals surface area contributed by atoms with Gasteiger partial charge in [0, 0.05) is 50.0 Å². The maximum absolute atomic E-state index is 14.7. The number of fused-ring (bicyclic) bond motifs is 2. The molecular formula is C31H41F2N3O5. The molecule has 2 N–H and O–H groups in total. The van der Waals surface area contributed by atoms with Crippen molar-refractivity contribution in [2.24, 2.45) is 0 Å². The van der Waals surface area contributed by atoms with Crippen LogP contribution < -0.4 is 10.1 Å². The Bertz CT molecular complexity index is 1230. The van der Waals surface area contributed by atoms with Gasteiger partial charge in [0.1, 0.15) is 29.1 Å². The van der Waals surface area contributed by atoms with Crippen LogP contribution in [0.4, 0.5) is 14.6 Å². The summed E-state index contributed by atoms with van der Waals surface area (Å²) in [6.07, 6.45) is 4.69. The molecule has 1 aromatic heterocycles. The molecule has 5 rings (SSSR count). The Morgan fingerprint density at radius 1 is 1.29 bits per heavy atom. The van der Waals surface area contributed by atoms with Crippen molar-refractivity contribution in [2.45, 2.75) is 89.3 Å². The SMILES string of the molecule is COc1cc(CCCCO[C@@H]2CCN([C@H](C(=O)O)c3cc(F)cc4c3CC(C(C)(C)F)OC4)C2)nc2c1CCCN2. The number of benzene rings is 1. The van der Waals surface area contributed by atoms with Gasteiger partial charge in [-0.25, -0.2) is 13.8 Å². The lowest BCUT2D eigenvalue weighted by Crippen LogP contribution is -2.40. The zero-order chi connectivity index (χ0) is 29.1. The first-order valence-electron chi connectivity index (χ1n) is 14.6. The molecule has 4 heterocycles. The summed E-state index contributed by atoms with van der Waals surface area (Å²) in [5.74, 6) is 0.254. The number of halogens is 2. The van der Waals surface area contributed by atoms with Crippen molar-refractivity contribution in [3.8, 4) is 5.75 Å². The molecule has 224 valence electrons. The van der Waals surface area contributed by atoms with Crippen LogP contribution in [0.25, 0.3) is 0 Å². The number of carboxylic acid groups (broad SMARTS) is 1. The minimum Gasteiger partial charge on any atom is -0.496 e. The molecule has 1 saturated heterocycles. The molecule has 2 aromatic rings. The zero-order valence-electron chi connectivity index (χ0n) is 24.2. The van der Waals surface area contributed by atoms with Crippen LogP contribution in [0.2, 0.25) is 0 Å². The van der Waals surface area contributed by atoms with Gasteiger partial charge in [-0.3, -0.25) is 9.69 Å². The molecular weight excluding hydrogens is 532 g/mol. The van der Waals surface area contributed by atoms with E-state index in [2.05, 4.69) is 5.32 Å². The third-order valence-electron chi connectivity index (χ3n) is 8.44. The van der Waals surface area contributed by atoms with E-state index >= 15 is 0 Å². The van der Waals surface area contributed by atoms with Crippen molar-refractivity contribution in [3.05, 3.63) is 52.0 Å². The zero-order valence-corrected chi connectivity index (χ0v) is 24.2. The predicted octanol–water partition coefficient (Wildman–Crippen LogP) is 5.02. The summed E-state index contributed by atoms with van der Waals surface area (Å²) >= 11 is 0. The van der Waals surface area contributed by atoms with E-state index in [-0.39, 0.29) is 19.1 Å². The largest absolute Gasteiger partial charge is 0.496 e. The highest BCUT2D eigenvalue weighted by molar-refractivity contribution is 5.76. The fourth-order valence-electron chi connectivity index (χ4n) is 6.25. The summed E-state index contributed by atoms with van der Waals surface area (Å²) in [4.78, 5) is 19.1. The number of unbranched alkanes of at least 4 members (excludes halogenated alkanes) is 1. The van der Waals surface area contributed by atoms with Crippen molar-refractivity contribution in [2.75, 3.05) is 38.7 Å². The maximum atomic E-state index is 14.7. The number of carbonyl (C=O) groups is 1. The molecule has 1 fully saturated rings. The number of pyridine rings is 1. The van der Waals surface area contributed by atoms with Crippen molar-refractivity contribution in [1.29, 1.82) is 0 Å². The number of aromatic nitrogens is 1. The van der Waals surface area contributed by atoms with Crippen LogP contribution in [0, 0.1) is 5.82 Å². The van der Waals surface area contributed by atoms with Crippen LogP contribution in [0.15, 0.2) is 18.2 Å². The Morgan fingerprint density at radius 3 is 2.88 bits per heavy atom. The number of anilines is 1. The van der Waals surface area contributed by atoms with E-state index in [1.54, 1.807) is 7.11 Å². The number of ether oxygens (including phenoxy) is 3. The Labute approximate surface area is 240 Å². The van der Waals surface area contributed by atoms with Gasteiger partial charge in [-0.2, -0.15) is 0 Å². The van der Waals surface area contributed by atoms with E-state index in [4.69, 9.17) is 19.2 Å².